The summed E-state index contributed by atoms with van der Waals surface area (Å²) < 4.78 is 13.0. The van der Waals surface area contributed by atoms with Gasteiger partial charge < -0.3 is 14.0 Å². The summed E-state index contributed by atoms with van der Waals surface area (Å²) in [5.41, 5.74) is 4.05. The minimum absolute atomic E-state index is 0.753. The van der Waals surface area contributed by atoms with Gasteiger partial charge in [-0.05, 0) is 48.5 Å². The van der Waals surface area contributed by atoms with Gasteiger partial charge in [0.2, 0.25) is 0 Å². The highest BCUT2D eigenvalue weighted by Gasteiger charge is 2.13. The molecular formula is C20H16BNO2. The zero-order valence-electron chi connectivity index (χ0n) is 13.6. The number of methoxy groups -OCH3 is 2. The van der Waals surface area contributed by atoms with Gasteiger partial charge in [0.15, 0.2) is 0 Å². The Morgan fingerprint density at radius 3 is 1.67 bits per heavy atom. The second-order valence-electron chi connectivity index (χ2n) is 5.69. The van der Waals surface area contributed by atoms with Gasteiger partial charge in [0.05, 0.1) is 25.3 Å². The lowest BCUT2D eigenvalue weighted by atomic mass is 9.96. The van der Waals surface area contributed by atoms with Crippen molar-refractivity contribution in [2.24, 2.45) is 0 Å². The number of hydrogen-bond acceptors (Lipinski definition) is 2. The van der Waals surface area contributed by atoms with Gasteiger partial charge in [-0.2, -0.15) is 0 Å². The first-order valence-electron chi connectivity index (χ1n) is 7.73. The van der Waals surface area contributed by atoms with Crippen LogP contribution < -0.4 is 14.9 Å². The van der Waals surface area contributed by atoms with Crippen molar-refractivity contribution in [2.75, 3.05) is 14.2 Å². The van der Waals surface area contributed by atoms with Gasteiger partial charge in [-0.1, -0.05) is 17.6 Å². The summed E-state index contributed by atoms with van der Waals surface area (Å²) in [6, 6.07) is 20.1. The second-order valence-corrected chi connectivity index (χ2v) is 5.69. The zero-order valence-corrected chi connectivity index (χ0v) is 13.6. The maximum Gasteiger partial charge on any atom is 0.119 e. The molecule has 0 unspecified atom stereocenters. The molecule has 3 aromatic carbocycles. The molecule has 0 saturated carbocycles. The summed E-state index contributed by atoms with van der Waals surface area (Å²) in [6.07, 6.45) is 0. The molecule has 0 amide bonds. The first kappa shape index (κ1) is 14.7. The number of nitrogens with zero attached hydrogens (tertiary/aromatic N) is 1. The number of fused-ring (bicyclic) bond motifs is 3. The van der Waals surface area contributed by atoms with E-state index in [2.05, 4.69) is 28.8 Å². The van der Waals surface area contributed by atoms with Crippen molar-refractivity contribution in [3.05, 3.63) is 60.7 Å². The summed E-state index contributed by atoms with van der Waals surface area (Å²) in [5, 5.41) is 2.25. The Bertz CT molecular complexity index is 974. The molecule has 0 saturated heterocycles. The molecule has 0 bridgehead atoms. The standard InChI is InChI=1S/C20H16BNO2/c1-23-15-7-9-19-17(11-15)18-12-16(24-2)8-10-20(18)22(19)14-5-3-13(21)4-6-14/h3-12H,1-2H3. The lowest BCUT2D eigenvalue weighted by Crippen LogP contribution is -2.02. The number of aromatic nitrogens is 1. The number of ether oxygens (including phenoxy) is 2. The van der Waals surface area contributed by atoms with E-state index in [1.54, 1.807) is 14.2 Å². The molecule has 3 nitrogen and oxygen atoms in total. The first-order valence-corrected chi connectivity index (χ1v) is 7.73. The van der Waals surface area contributed by atoms with E-state index in [1.807, 2.05) is 36.4 Å². The molecule has 1 aromatic heterocycles. The third kappa shape index (κ3) is 2.23. The monoisotopic (exact) mass is 313 g/mol. The predicted octanol–water partition coefficient (Wildman–Crippen LogP) is 3.59. The highest BCUT2D eigenvalue weighted by molar-refractivity contribution is 6.32. The fourth-order valence-corrected chi connectivity index (χ4v) is 3.14. The molecule has 0 aliphatic rings. The highest BCUT2D eigenvalue weighted by atomic mass is 16.5. The van der Waals surface area contributed by atoms with E-state index in [9.17, 15) is 0 Å². The zero-order chi connectivity index (χ0) is 16.7. The molecule has 0 aliphatic heterocycles. The van der Waals surface area contributed by atoms with Gasteiger partial charge in [0, 0.05) is 16.5 Å². The van der Waals surface area contributed by atoms with E-state index in [-0.39, 0.29) is 0 Å². The molecule has 0 atom stereocenters. The van der Waals surface area contributed by atoms with Crippen molar-refractivity contribution < 1.29 is 9.47 Å². The minimum atomic E-state index is 0.753. The van der Waals surface area contributed by atoms with Crippen LogP contribution in [0.25, 0.3) is 27.5 Å². The molecule has 0 aliphatic carbocycles. The maximum absolute atomic E-state index is 5.84. The molecule has 116 valence electrons. The van der Waals surface area contributed by atoms with E-state index in [0.29, 0.717) is 0 Å². The quantitative estimate of drug-likeness (QED) is 0.540. The lowest BCUT2D eigenvalue weighted by molar-refractivity contribution is 0.415. The van der Waals surface area contributed by atoms with Crippen molar-refractivity contribution in [2.45, 2.75) is 0 Å². The molecule has 4 heteroatoms. The molecule has 24 heavy (non-hydrogen) atoms. The van der Waals surface area contributed by atoms with E-state index < -0.39 is 0 Å². The Labute approximate surface area is 141 Å². The van der Waals surface area contributed by atoms with Crippen LogP contribution in [0.3, 0.4) is 0 Å². The molecule has 0 fully saturated rings. The summed E-state index contributed by atoms with van der Waals surface area (Å²) in [4.78, 5) is 0. The van der Waals surface area contributed by atoms with Crippen molar-refractivity contribution in [3.8, 4) is 17.2 Å². The minimum Gasteiger partial charge on any atom is -0.497 e. The maximum atomic E-state index is 5.84. The van der Waals surface area contributed by atoms with Crippen LogP contribution in [0, 0.1) is 0 Å². The molecule has 2 radical (unpaired) electrons. The van der Waals surface area contributed by atoms with Crippen molar-refractivity contribution in [1.82, 2.24) is 4.57 Å². The van der Waals surface area contributed by atoms with E-state index in [0.717, 1.165) is 44.5 Å². The average molecular weight is 313 g/mol. The molecular weight excluding hydrogens is 297 g/mol. The number of benzene rings is 3. The van der Waals surface area contributed by atoms with Gasteiger partial charge in [0.25, 0.3) is 0 Å². The van der Waals surface area contributed by atoms with Crippen LogP contribution in [0.4, 0.5) is 0 Å². The van der Waals surface area contributed by atoms with Crippen LogP contribution in [-0.4, -0.2) is 26.6 Å². The third-order valence-corrected chi connectivity index (χ3v) is 4.33. The normalized spacial score (nSPS) is 11.1. The Hall–Kier alpha value is -2.88. The van der Waals surface area contributed by atoms with Gasteiger partial charge in [-0.15, -0.1) is 0 Å². The third-order valence-electron chi connectivity index (χ3n) is 4.33. The summed E-state index contributed by atoms with van der Waals surface area (Å²) in [7, 11) is 9.20. The van der Waals surface area contributed by atoms with Crippen molar-refractivity contribution in [1.29, 1.82) is 0 Å². The summed E-state index contributed by atoms with van der Waals surface area (Å²) in [6.45, 7) is 0. The van der Waals surface area contributed by atoms with Gasteiger partial charge in [-0.3, -0.25) is 0 Å². The smallest absolute Gasteiger partial charge is 0.119 e. The van der Waals surface area contributed by atoms with Crippen LogP contribution >= 0.6 is 0 Å². The van der Waals surface area contributed by atoms with Crippen molar-refractivity contribution in [3.63, 3.8) is 0 Å². The summed E-state index contributed by atoms with van der Waals surface area (Å²) >= 11 is 0. The average Bonchev–Trinajstić information content (AvgIpc) is 2.95. The largest absolute Gasteiger partial charge is 0.497 e. The van der Waals surface area contributed by atoms with Gasteiger partial charge in [0.1, 0.15) is 19.3 Å². The number of hydrogen-bond donors (Lipinski definition) is 0. The predicted molar refractivity (Wildman–Crippen MR) is 99.3 cm³/mol. The molecule has 1 heterocycles. The first-order chi connectivity index (χ1) is 11.7. The Balaban J connectivity index is 2.12. The molecule has 4 aromatic rings. The summed E-state index contributed by atoms with van der Waals surface area (Å²) in [5.74, 6) is 1.67. The van der Waals surface area contributed by atoms with Gasteiger partial charge in [-0.25, -0.2) is 0 Å². The topological polar surface area (TPSA) is 23.4 Å². The van der Waals surface area contributed by atoms with E-state index in [4.69, 9.17) is 17.3 Å². The Kier molecular flexibility index (Phi) is 3.45. The van der Waals surface area contributed by atoms with Crippen LogP contribution in [0.15, 0.2) is 60.7 Å². The van der Waals surface area contributed by atoms with Gasteiger partial charge >= 0.3 is 0 Å². The number of rotatable bonds is 3. The van der Waals surface area contributed by atoms with Crippen LogP contribution in [0.1, 0.15) is 0 Å². The second kappa shape index (κ2) is 5.64. The SMILES string of the molecule is [B]c1ccc(-n2c3ccc(OC)cc3c3cc(OC)ccc32)cc1. The molecule has 0 spiro atoms. The van der Waals surface area contributed by atoms with Crippen LogP contribution in [-0.2, 0) is 0 Å². The fraction of sp³-hybridized carbons (Fsp3) is 0.100. The highest BCUT2D eigenvalue weighted by Crippen LogP contribution is 2.35. The van der Waals surface area contributed by atoms with Crippen molar-refractivity contribution >= 4 is 35.1 Å². The lowest BCUT2D eigenvalue weighted by Gasteiger charge is -2.09. The molecule has 4 rings (SSSR count). The Morgan fingerprint density at radius 1 is 0.708 bits per heavy atom. The fourth-order valence-electron chi connectivity index (χ4n) is 3.14. The van der Waals surface area contributed by atoms with E-state index >= 15 is 0 Å². The molecule has 0 N–H and O–H groups in total. The van der Waals surface area contributed by atoms with Crippen LogP contribution in [0.2, 0.25) is 0 Å². The van der Waals surface area contributed by atoms with Crippen LogP contribution in [0.5, 0.6) is 11.5 Å². The van der Waals surface area contributed by atoms with E-state index in [1.165, 1.54) is 0 Å². The Morgan fingerprint density at radius 2 is 1.21 bits per heavy atom.